The van der Waals surface area contributed by atoms with E-state index in [9.17, 15) is 0 Å². The summed E-state index contributed by atoms with van der Waals surface area (Å²) in [6, 6.07) is 14.1. The lowest BCUT2D eigenvalue weighted by molar-refractivity contribution is 0.311. The normalized spacial score (nSPS) is 14.8. The number of methoxy groups -OCH3 is 2. The monoisotopic (exact) mass is 393 g/mol. The van der Waals surface area contributed by atoms with Crippen molar-refractivity contribution in [3.63, 3.8) is 0 Å². The molecule has 0 unspecified atom stereocenters. The molecule has 1 saturated heterocycles. The molecule has 2 heterocycles. The number of nitrogens with one attached hydrogen (secondary N) is 1. The highest BCUT2D eigenvalue weighted by Crippen LogP contribution is 2.29. The molecule has 1 aliphatic rings. The molecule has 0 bridgehead atoms. The number of hydrogen-bond acceptors (Lipinski definition) is 7. The zero-order valence-corrected chi connectivity index (χ0v) is 17.2. The summed E-state index contributed by atoms with van der Waals surface area (Å²) in [4.78, 5) is 14.3. The van der Waals surface area contributed by atoms with Crippen LogP contribution in [0.3, 0.4) is 0 Å². The molecule has 1 aliphatic heterocycles. The van der Waals surface area contributed by atoms with Gasteiger partial charge < -0.3 is 24.6 Å². The Balaban J connectivity index is 1.61. The van der Waals surface area contributed by atoms with Crippen LogP contribution in [0, 0.1) is 0 Å². The summed E-state index contributed by atoms with van der Waals surface area (Å²) < 4.78 is 10.7. The summed E-state index contributed by atoms with van der Waals surface area (Å²) >= 11 is 0. The van der Waals surface area contributed by atoms with Crippen LogP contribution in [0.25, 0.3) is 10.9 Å². The average molecular weight is 393 g/mol. The first-order valence-corrected chi connectivity index (χ1v) is 9.83. The van der Waals surface area contributed by atoms with Crippen molar-refractivity contribution >= 4 is 22.7 Å². The lowest BCUT2D eigenvalue weighted by Crippen LogP contribution is -2.45. The number of likely N-dealkylation sites (N-methyl/N-ethyl adjacent to an activating group) is 1. The lowest BCUT2D eigenvalue weighted by atomic mass is 10.2. The Morgan fingerprint density at radius 2 is 1.69 bits per heavy atom. The molecule has 0 aliphatic carbocycles. The van der Waals surface area contributed by atoms with Crippen LogP contribution in [-0.4, -0.2) is 62.3 Å². The van der Waals surface area contributed by atoms with E-state index in [-0.39, 0.29) is 0 Å². The van der Waals surface area contributed by atoms with Crippen molar-refractivity contribution in [3.8, 4) is 11.5 Å². The molecule has 3 aromatic rings. The molecule has 29 heavy (non-hydrogen) atoms. The number of rotatable bonds is 6. The van der Waals surface area contributed by atoms with E-state index in [2.05, 4.69) is 28.2 Å². The maximum Gasteiger partial charge on any atom is 0.227 e. The fraction of sp³-hybridized carbons (Fsp3) is 0.364. The minimum absolute atomic E-state index is 0.629. The molecule has 1 fully saturated rings. The van der Waals surface area contributed by atoms with Gasteiger partial charge in [-0.1, -0.05) is 18.2 Å². The number of anilines is 2. The largest absolute Gasteiger partial charge is 0.493 e. The molecule has 0 saturated carbocycles. The second-order valence-electron chi connectivity index (χ2n) is 7.22. The van der Waals surface area contributed by atoms with Gasteiger partial charge in [-0.15, -0.1) is 0 Å². The van der Waals surface area contributed by atoms with E-state index in [1.54, 1.807) is 14.2 Å². The quantitative estimate of drug-likeness (QED) is 0.691. The number of aromatic nitrogens is 2. The van der Waals surface area contributed by atoms with Gasteiger partial charge in [0.2, 0.25) is 5.95 Å². The molecular weight excluding hydrogens is 366 g/mol. The van der Waals surface area contributed by atoms with Crippen LogP contribution in [0.4, 0.5) is 11.8 Å². The Hall–Kier alpha value is -3.06. The number of fused-ring (bicyclic) bond motifs is 1. The molecule has 0 spiro atoms. The predicted molar refractivity (Wildman–Crippen MR) is 116 cm³/mol. The van der Waals surface area contributed by atoms with Crippen LogP contribution in [-0.2, 0) is 6.54 Å². The Labute approximate surface area is 171 Å². The maximum absolute atomic E-state index is 5.42. The highest BCUT2D eigenvalue weighted by atomic mass is 16.5. The molecular formula is C22H27N5O2. The van der Waals surface area contributed by atoms with E-state index in [1.165, 1.54) is 0 Å². The molecule has 7 nitrogen and oxygen atoms in total. The van der Waals surface area contributed by atoms with Crippen LogP contribution in [0.15, 0.2) is 42.5 Å². The highest BCUT2D eigenvalue weighted by Gasteiger charge is 2.18. The van der Waals surface area contributed by atoms with Crippen LogP contribution >= 0.6 is 0 Å². The fourth-order valence-electron chi connectivity index (χ4n) is 3.52. The van der Waals surface area contributed by atoms with Crippen molar-refractivity contribution in [2.45, 2.75) is 6.54 Å². The van der Waals surface area contributed by atoms with Gasteiger partial charge in [-0.3, -0.25) is 0 Å². The average Bonchev–Trinajstić information content (AvgIpc) is 2.77. The van der Waals surface area contributed by atoms with Gasteiger partial charge in [0.15, 0.2) is 11.5 Å². The number of benzene rings is 2. The highest BCUT2D eigenvalue weighted by molar-refractivity contribution is 5.90. The van der Waals surface area contributed by atoms with Gasteiger partial charge in [-0.2, -0.15) is 4.98 Å². The number of para-hydroxylation sites is 1. The second-order valence-corrected chi connectivity index (χ2v) is 7.22. The number of nitrogens with zero attached hydrogens (tertiary/aromatic N) is 4. The summed E-state index contributed by atoms with van der Waals surface area (Å²) in [6.45, 7) is 4.53. The van der Waals surface area contributed by atoms with Gasteiger partial charge in [0, 0.05) is 38.1 Å². The smallest absolute Gasteiger partial charge is 0.227 e. The van der Waals surface area contributed by atoms with Gasteiger partial charge in [0.25, 0.3) is 0 Å². The molecule has 1 N–H and O–H groups in total. The fourth-order valence-corrected chi connectivity index (χ4v) is 3.52. The van der Waals surface area contributed by atoms with Crippen LogP contribution in [0.5, 0.6) is 11.5 Å². The minimum atomic E-state index is 0.629. The first kappa shape index (κ1) is 19.3. The Kier molecular flexibility index (Phi) is 5.67. The SMILES string of the molecule is COc1ccc(CNc2nc(N3CCN(C)CC3)nc3ccccc23)cc1OC. The van der Waals surface area contributed by atoms with E-state index in [4.69, 9.17) is 19.4 Å². The second kappa shape index (κ2) is 8.53. The van der Waals surface area contributed by atoms with Gasteiger partial charge in [0.1, 0.15) is 5.82 Å². The van der Waals surface area contributed by atoms with Gasteiger partial charge >= 0.3 is 0 Å². The molecule has 0 radical (unpaired) electrons. The van der Waals surface area contributed by atoms with Gasteiger partial charge in [-0.25, -0.2) is 4.98 Å². The third kappa shape index (κ3) is 4.19. The van der Waals surface area contributed by atoms with E-state index < -0.39 is 0 Å². The summed E-state index contributed by atoms with van der Waals surface area (Å²) in [5.41, 5.74) is 2.04. The summed E-state index contributed by atoms with van der Waals surface area (Å²) in [5, 5.41) is 4.52. The third-order valence-electron chi connectivity index (χ3n) is 5.29. The van der Waals surface area contributed by atoms with Gasteiger partial charge in [-0.05, 0) is 36.9 Å². The minimum Gasteiger partial charge on any atom is -0.493 e. The summed E-state index contributed by atoms with van der Waals surface area (Å²) in [5.74, 6) is 3.07. The zero-order chi connectivity index (χ0) is 20.2. The third-order valence-corrected chi connectivity index (χ3v) is 5.29. The molecule has 0 atom stereocenters. The van der Waals surface area contributed by atoms with Crippen LogP contribution in [0.1, 0.15) is 5.56 Å². The zero-order valence-electron chi connectivity index (χ0n) is 17.2. The molecule has 0 amide bonds. The Morgan fingerprint density at radius 3 is 2.45 bits per heavy atom. The standard InChI is InChI=1S/C22H27N5O2/c1-26-10-12-27(13-11-26)22-24-18-7-5-4-6-17(18)21(25-22)23-15-16-8-9-19(28-2)20(14-16)29-3/h4-9,14H,10-13,15H2,1-3H3,(H,23,24,25). The molecule has 1 aromatic heterocycles. The van der Waals surface area contributed by atoms with Crippen molar-refractivity contribution in [2.24, 2.45) is 0 Å². The van der Waals surface area contributed by atoms with E-state index in [0.29, 0.717) is 6.54 Å². The van der Waals surface area contributed by atoms with Gasteiger partial charge in [0.05, 0.1) is 19.7 Å². The van der Waals surface area contributed by atoms with E-state index >= 15 is 0 Å². The Bertz CT molecular complexity index is 986. The number of piperazine rings is 1. The molecule has 152 valence electrons. The molecule has 4 rings (SSSR count). The first-order chi connectivity index (χ1) is 14.2. The van der Waals surface area contributed by atoms with Crippen molar-refractivity contribution in [1.29, 1.82) is 0 Å². The van der Waals surface area contributed by atoms with E-state index in [0.717, 1.165) is 65.9 Å². The lowest BCUT2D eigenvalue weighted by Gasteiger charge is -2.32. The van der Waals surface area contributed by atoms with Crippen molar-refractivity contribution in [1.82, 2.24) is 14.9 Å². The van der Waals surface area contributed by atoms with Crippen molar-refractivity contribution in [2.75, 3.05) is 57.7 Å². The number of hydrogen-bond donors (Lipinski definition) is 1. The molecule has 7 heteroatoms. The topological polar surface area (TPSA) is 62.8 Å². The van der Waals surface area contributed by atoms with Crippen molar-refractivity contribution < 1.29 is 9.47 Å². The predicted octanol–water partition coefficient (Wildman–Crippen LogP) is 3.01. The van der Waals surface area contributed by atoms with E-state index in [1.807, 2.05) is 36.4 Å². The van der Waals surface area contributed by atoms with Crippen LogP contribution < -0.4 is 19.7 Å². The number of ether oxygens (including phenoxy) is 2. The maximum atomic E-state index is 5.42. The molecule has 2 aromatic carbocycles. The van der Waals surface area contributed by atoms with Crippen molar-refractivity contribution in [3.05, 3.63) is 48.0 Å². The van der Waals surface area contributed by atoms with Crippen LogP contribution in [0.2, 0.25) is 0 Å². The summed E-state index contributed by atoms with van der Waals surface area (Å²) in [6.07, 6.45) is 0. The first-order valence-electron chi connectivity index (χ1n) is 9.83. The summed E-state index contributed by atoms with van der Waals surface area (Å²) in [7, 11) is 5.44. The Morgan fingerprint density at radius 1 is 0.931 bits per heavy atom.